The van der Waals surface area contributed by atoms with E-state index in [1.807, 2.05) is 6.92 Å². The fourth-order valence-electron chi connectivity index (χ4n) is 1.74. The van der Waals surface area contributed by atoms with E-state index in [4.69, 9.17) is 9.26 Å². The maximum atomic E-state index is 5.62. The van der Waals surface area contributed by atoms with E-state index < -0.39 is 0 Å². The van der Waals surface area contributed by atoms with Gasteiger partial charge in [-0.3, -0.25) is 0 Å². The minimum atomic E-state index is 0.253. The van der Waals surface area contributed by atoms with Gasteiger partial charge in [0, 0.05) is 19.6 Å². The molecular formula is C10H18N4O2. The van der Waals surface area contributed by atoms with Crippen LogP contribution in [0.15, 0.2) is 4.52 Å². The van der Waals surface area contributed by atoms with Crippen LogP contribution >= 0.6 is 0 Å². The largest absolute Gasteiger partial charge is 0.374 e. The van der Waals surface area contributed by atoms with Gasteiger partial charge in [-0.25, -0.2) is 0 Å². The molecule has 1 aliphatic rings. The molecule has 0 amide bonds. The number of hydrogen-bond acceptors (Lipinski definition) is 6. The lowest BCUT2D eigenvalue weighted by Crippen LogP contribution is -2.44. The number of aryl methyl sites for hydroxylation is 1. The van der Waals surface area contributed by atoms with E-state index in [0.29, 0.717) is 18.3 Å². The van der Waals surface area contributed by atoms with Gasteiger partial charge in [0.05, 0.1) is 19.3 Å². The fraction of sp³-hybridized carbons (Fsp3) is 0.800. The molecule has 16 heavy (non-hydrogen) atoms. The van der Waals surface area contributed by atoms with Crippen molar-refractivity contribution in [2.45, 2.75) is 19.6 Å². The van der Waals surface area contributed by atoms with Crippen LogP contribution in [0.25, 0.3) is 0 Å². The van der Waals surface area contributed by atoms with Crippen LogP contribution in [0.5, 0.6) is 0 Å². The highest BCUT2D eigenvalue weighted by Gasteiger charge is 2.17. The van der Waals surface area contributed by atoms with E-state index in [1.54, 1.807) is 0 Å². The minimum absolute atomic E-state index is 0.253. The van der Waals surface area contributed by atoms with Crippen LogP contribution in [0.1, 0.15) is 11.7 Å². The monoisotopic (exact) mass is 226 g/mol. The van der Waals surface area contributed by atoms with Gasteiger partial charge in [0.2, 0.25) is 5.89 Å². The number of hydrogen-bond donors (Lipinski definition) is 1. The number of rotatable bonds is 4. The van der Waals surface area contributed by atoms with Crippen LogP contribution in [0.3, 0.4) is 0 Å². The third-order valence-corrected chi connectivity index (χ3v) is 2.56. The second-order valence-corrected chi connectivity index (χ2v) is 4.12. The van der Waals surface area contributed by atoms with Gasteiger partial charge in [-0.1, -0.05) is 5.16 Å². The molecule has 0 bridgehead atoms. The minimum Gasteiger partial charge on any atom is -0.374 e. The van der Waals surface area contributed by atoms with Crippen molar-refractivity contribution in [1.82, 2.24) is 20.4 Å². The van der Waals surface area contributed by atoms with Crippen molar-refractivity contribution in [3.63, 3.8) is 0 Å². The predicted octanol–water partition coefficient (Wildman–Crippen LogP) is -0.202. The number of ether oxygens (including phenoxy) is 1. The Morgan fingerprint density at radius 2 is 2.44 bits per heavy atom. The average molecular weight is 226 g/mol. The summed E-state index contributed by atoms with van der Waals surface area (Å²) >= 11 is 0. The van der Waals surface area contributed by atoms with Gasteiger partial charge in [-0.2, -0.15) is 4.98 Å². The lowest BCUT2D eigenvalue weighted by atomic mass is 10.3. The van der Waals surface area contributed by atoms with Gasteiger partial charge in [-0.15, -0.1) is 0 Å². The zero-order valence-electron chi connectivity index (χ0n) is 9.77. The highest BCUT2D eigenvalue weighted by molar-refractivity contribution is 4.82. The molecule has 2 rings (SSSR count). The summed E-state index contributed by atoms with van der Waals surface area (Å²) in [5.41, 5.74) is 0. The van der Waals surface area contributed by atoms with Gasteiger partial charge in [0.1, 0.15) is 0 Å². The summed E-state index contributed by atoms with van der Waals surface area (Å²) in [7, 11) is 2.11. The third-order valence-electron chi connectivity index (χ3n) is 2.56. The number of aromatic nitrogens is 2. The first-order valence-electron chi connectivity index (χ1n) is 5.54. The van der Waals surface area contributed by atoms with Crippen molar-refractivity contribution in [1.29, 1.82) is 0 Å². The molecule has 2 heterocycles. The zero-order valence-corrected chi connectivity index (χ0v) is 9.77. The number of likely N-dealkylation sites (N-methyl/N-ethyl adjacent to an activating group) is 1. The molecule has 0 saturated carbocycles. The van der Waals surface area contributed by atoms with Crippen LogP contribution in [-0.4, -0.2) is 54.4 Å². The standard InChI is InChI=1S/C10H18N4O2/c1-8-12-10(16-13-8)6-11-5-9-7-14(2)3-4-15-9/h9,11H,3-7H2,1-2H3. The fourth-order valence-corrected chi connectivity index (χ4v) is 1.74. The van der Waals surface area contributed by atoms with Crippen molar-refractivity contribution >= 4 is 0 Å². The van der Waals surface area contributed by atoms with Gasteiger partial charge >= 0.3 is 0 Å². The van der Waals surface area contributed by atoms with E-state index in [1.165, 1.54) is 0 Å². The Morgan fingerprint density at radius 1 is 1.56 bits per heavy atom. The van der Waals surface area contributed by atoms with Crippen molar-refractivity contribution in [2.75, 3.05) is 33.3 Å². The summed E-state index contributed by atoms with van der Waals surface area (Å²) in [6, 6.07) is 0. The van der Waals surface area contributed by atoms with Crippen LogP contribution < -0.4 is 5.32 Å². The van der Waals surface area contributed by atoms with Crippen LogP contribution in [0, 0.1) is 6.92 Å². The summed E-state index contributed by atoms with van der Waals surface area (Å²) < 4.78 is 10.6. The number of nitrogens with one attached hydrogen (secondary N) is 1. The summed E-state index contributed by atoms with van der Waals surface area (Å²) in [6.07, 6.45) is 0.253. The maximum absolute atomic E-state index is 5.62. The quantitative estimate of drug-likeness (QED) is 0.767. The highest BCUT2D eigenvalue weighted by Crippen LogP contribution is 2.02. The van der Waals surface area contributed by atoms with Gasteiger partial charge in [-0.05, 0) is 14.0 Å². The first-order valence-corrected chi connectivity index (χ1v) is 5.54. The number of morpholine rings is 1. The van der Waals surface area contributed by atoms with Crippen molar-refractivity contribution in [2.24, 2.45) is 0 Å². The van der Waals surface area contributed by atoms with E-state index in [2.05, 4.69) is 27.4 Å². The van der Waals surface area contributed by atoms with Gasteiger partial charge in [0.15, 0.2) is 5.82 Å². The Balaban J connectivity index is 1.67. The molecular weight excluding hydrogens is 208 g/mol. The molecule has 0 spiro atoms. The molecule has 90 valence electrons. The van der Waals surface area contributed by atoms with Crippen LogP contribution in [0.4, 0.5) is 0 Å². The smallest absolute Gasteiger partial charge is 0.240 e. The van der Waals surface area contributed by atoms with Gasteiger partial charge in [0.25, 0.3) is 0 Å². The molecule has 6 heteroatoms. The first kappa shape index (κ1) is 11.5. The lowest BCUT2D eigenvalue weighted by Gasteiger charge is -2.30. The van der Waals surface area contributed by atoms with E-state index >= 15 is 0 Å². The van der Waals surface area contributed by atoms with Gasteiger partial charge < -0.3 is 19.5 Å². The molecule has 1 unspecified atom stereocenters. The second kappa shape index (κ2) is 5.38. The Bertz CT molecular complexity index is 328. The maximum Gasteiger partial charge on any atom is 0.240 e. The lowest BCUT2D eigenvalue weighted by molar-refractivity contribution is -0.0184. The predicted molar refractivity (Wildman–Crippen MR) is 58.0 cm³/mol. The highest BCUT2D eigenvalue weighted by atomic mass is 16.5. The normalized spacial score (nSPS) is 22.5. The third kappa shape index (κ3) is 3.26. The van der Waals surface area contributed by atoms with Crippen LogP contribution in [0.2, 0.25) is 0 Å². The molecule has 1 aromatic heterocycles. The topological polar surface area (TPSA) is 63.4 Å². The first-order chi connectivity index (χ1) is 7.74. The molecule has 0 radical (unpaired) electrons. The van der Waals surface area contributed by atoms with E-state index in [0.717, 1.165) is 26.2 Å². The second-order valence-electron chi connectivity index (χ2n) is 4.12. The molecule has 6 nitrogen and oxygen atoms in total. The van der Waals surface area contributed by atoms with Crippen molar-refractivity contribution in [3.8, 4) is 0 Å². The Labute approximate surface area is 95.0 Å². The molecule has 0 aliphatic carbocycles. The summed E-state index contributed by atoms with van der Waals surface area (Å²) in [5, 5.41) is 6.99. The molecule has 1 aromatic rings. The van der Waals surface area contributed by atoms with Crippen molar-refractivity contribution < 1.29 is 9.26 Å². The Morgan fingerprint density at radius 3 is 3.12 bits per heavy atom. The van der Waals surface area contributed by atoms with Crippen LogP contribution in [-0.2, 0) is 11.3 Å². The molecule has 1 N–H and O–H groups in total. The molecule has 1 atom stereocenters. The number of nitrogens with zero attached hydrogens (tertiary/aromatic N) is 3. The average Bonchev–Trinajstić information content (AvgIpc) is 2.64. The molecule has 0 aromatic carbocycles. The summed E-state index contributed by atoms with van der Waals surface area (Å²) in [5.74, 6) is 1.30. The molecule has 1 aliphatic heterocycles. The zero-order chi connectivity index (χ0) is 11.4. The Hall–Kier alpha value is -0.980. The summed E-state index contributed by atoms with van der Waals surface area (Å²) in [4.78, 5) is 6.39. The Kier molecular flexibility index (Phi) is 3.87. The molecule has 1 fully saturated rings. The van der Waals surface area contributed by atoms with E-state index in [9.17, 15) is 0 Å². The van der Waals surface area contributed by atoms with E-state index in [-0.39, 0.29) is 6.10 Å². The summed E-state index contributed by atoms with van der Waals surface area (Å²) in [6.45, 7) is 6.01. The molecule has 1 saturated heterocycles. The van der Waals surface area contributed by atoms with Crippen molar-refractivity contribution in [3.05, 3.63) is 11.7 Å². The SMILES string of the molecule is Cc1noc(CNCC2CN(C)CCO2)n1.